The molecule has 1 fully saturated rings. The SMILES string of the molecule is O=C(Nc1cc(Cl)ccc1Cl)[C@H]1CCCN1C(=O)[C@H]1Cc2ccccc2O1. The summed E-state index contributed by atoms with van der Waals surface area (Å²) in [7, 11) is 0. The number of amides is 2. The van der Waals surface area contributed by atoms with E-state index in [9.17, 15) is 9.59 Å². The second kappa shape index (κ2) is 7.41. The Kier molecular flexibility index (Phi) is 4.98. The Labute approximate surface area is 167 Å². The monoisotopic (exact) mass is 404 g/mol. The molecule has 2 heterocycles. The van der Waals surface area contributed by atoms with Crippen molar-refractivity contribution in [2.75, 3.05) is 11.9 Å². The number of fused-ring (bicyclic) bond motifs is 1. The molecule has 0 saturated carbocycles. The van der Waals surface area contributed by atoms with E-state index >= 15 is 0 Å². The predicted octanol–water partition coefficient (Wildman–Crippen LogP) is 3.93. The molecule has 0 bridgehead atoms. The van der Waals surface area contributed by atoms with Gasteiger partial charge in [0.15, 0.2) is 6.10 Å². The summed E-state index contributed by atoms with van der Waals surface area (Å²) in [5.74, 6) is 0.323. The number of carbonyl (C=O) groups is 2. The Balaban J connectivity index is 1.46. The van der Waals surface area contributed by atoms with Gasteiger partial charge in [0.25, 0.3) is 5.91 Å². The molecule has 27 heavy (non-hydrogen) atoms. The Bertz CT molecular complexity index is 878. The van der Waals surface area contributed by atoms with Crippen molar-refractivity contribution in [3.05, 3.63) is 58.1 Å². The average molecular weight is 405 g/mol. The van der Waals surface area contributed by atoms with E-state index in [0.717, 1.165) is 17.7 Å². The van der Waals surface area contributed by atoms with Gasteiger partial charge in [0, 0.05) is 18.0 Å². The molecule has 0 radical (unpaired) electrons. The summed E-state index contributed by atoms with van der Waals surface area (Å²) in [4.78, 5) is 27.4. The number of halogens is 2. The van der Waals surface area contributed by atoms with Gasteiger partial charge in [0.05, 0.1) is 10.7 Å². The van der Waals surface area contributed by atoms with Crippen LogP contribution in [0.4, 0.5) is 5.69 Å². The average Bonchev–Trinajstić information content (AvgIpc) is 3.30. The number of ether oxygens (including phenoxy) is 1. The van der Waals surface area contributed by atoms with Crippen LogP contribution >= 0.6 is 23.2 Å². The van der Waals surface area contributed by atoms with Gasteiger partial charge in [-0.05, 0) is 42.7 Å². The molecule has 2 amide bonds. The number of nitrogens with zero attached hydrogens (tertiary/aromatic N) is 1. The second-order valence-corrected chi connectivity index (χ2v) is 7.57. The maximum absolute atomic E-state index is 13.0. The molecule has 0 unspecified atom stereocenters. The summed E-state index contributed by atoms with van der Waals surface area (Å²) in [6.45, 7) is 0.538. The van der Waals surface area contributed by atoms with E-state index in [4.69, 9.17) is 27.9 Å². The van der Waals surface area contributed by atoms with E-state index < -0.39 is 12.1 Å². The Morgan fingerprint density at radius 2 is 1.96 bits per heavy atom. The molecule has 2 aliphatic heterocycles. The Morgan fingerprint density at radius 1 is 1.15 bits per heavy atom. The molecule has 0 aliphatic carbocycles. The third-order valence-corrected chi connectivity index (χ3v) is 5.51. The van der Waals surface area contributed by atoms with Crippen molar-refractivity contribution >= 4 is 40.7 Å². The number of hydrogen-bond donors (Lipinski definition) is 1. The molecule has 140 valence electrons. The van der Waals surface area contributed by atoms with Gasteiger partial charge >= 0.3 is 0 Å². The predicted molar refractivity (Wildman–Crippen MR) is 104 cm³/mol. The summed E-state index contributed by atoms with van der Waals surface area (Å²) in [5, 5.41) is 3.67. The van der Waals surface area contributed by atoms with Gasteiger partial charge in [-0.3, -0.25) is 9.59 Å². The third-order valence-electron chi connectivity index (χ3n) is 4.95. The van der Waals surface area contributed by atoms with Crippen molar-refractivity contribution in [3.8, 4) is 5.75 Å². The van der Waals surface area contributed by atoms with E-state index in [1.165, 1.54) is 0 Å². The lowest BCUT2D eigenvalue weighted by molar-refractivity contribution is -0.142. The summed E-state index contributed by atoms with van der Waals surface area (Å²) >= 11 is 12.1. The molecule has 4 rings (SSSR count). The first-order valence-corrected chi connectivity index (χ1v) is 9.59. The van der Waals surface area contributed by atoms with E-state index in [1.807, 2.05) is 24.3 Å². The lowest BCUT2D eigenvalue weighted by Gasteiger charge is -2.26. The van der Waals surface area contributed by atoms with Crippen molar-refractivity contribution in [1.82, 2.24) is 4.90 Å². The van der Waals surface area contributed by atoms with Crippen LogP contribution in [0.1, 0.15) is 18.4 Å². The highest BCUT2D eigenvalue weighted by atomic mass is 35.5. The summed E-state index contributed by atoms with van der Waals surface area (Å²) < 4.78 is 5.80. The molecule has 2 atom stereocenters. The van der Waals surface area contributed by atoms with Gasteiger partial charge in [0.2, 0.25) is 5.91 Å². The minimum atomic E-state index is -0.578. The standard InChI is InChI=1S/C20H18Cl2N2O3/c21-13-7-8-14(22)15(11-13)23-19(25)16-5-3-9-24(16)20(26)18-10-12-4-1-2-6-17(12)27-18/h1-2,4,6-8,11,16,18H,3,5,9-10H2,(H,23,25)/t16-,18-/m1/s1. The Morgan fingerprint density at radius 3 is 2.78 bits per heavy atom. The van der Waals surface area contributed by atoms with Crippen molar-refractivity contribution in [2.24, 2.45) is 0 Å². The van der Waals surface area contributed by atoms with Crippen LogP contribution in [-0.2, 0) is 16.0 Å². The maximum atomic E-state index is 13.0. The molecular weight excluding hydrogens is 387 g/mol. The highest BCUT2D eigenvalue weighted by Crippen LogP contribution is 2.31. The number of benzene rings is 2. The fraction of sp³-hybridized carbons (Fsp3) is 0.300. The Hall–Kier alpha value is -2.24. The first kappa shape index (κ1) is 18.1. The first-order chi connectivity index (χ1) is 13.0. The van der Waals surface area contributed by atoms with Gasteiger partial charge in [-0.2, -0.15) is 0 Å². The minimum Gasteiger partial charge on any atom is -0.480 e. The number of hydrogen-bond acceptors (Lipinski definition) is 3. The zero-order valence-electron chi connectivity index (χ0n) is 14.5. The molecule has 2 aromatic rings. The highest BCUT2D eigenvalue weighted by Gasteiger charge is 2.40. The lowest BCUT2D eigenvalue weighted by Crippen LogP contribution is -2.48. The quantitative estimate of drug-likeness (QED) is 0.842. The summed E-state index contributed by atoms with van der Waals surface area (Å²) in [5.41, 5.74) is 1.46. The van der Waals surface area contributed by atoms with Gasteiger partial charge in [0.1, 0.15) is 11.8 Å². The number of nitrogens with one attached hydrogen (secondary N) is 1. The molecule has 7 heteroatoms. The van der Waals surface area contributed by atoms with E-state index in [-0.39, 0.29) is 11.8 Å². The van der Waals surface area contributed by atoms with Crippen molar-refractivity contribution in [2.45, 2.75) is 31.4 Å². The van der Waals surface area contributed by atoms with Crippen LogP contribution < -0.4 is 10.1 Å². The molecule has 1 saturated heterocycles. The van der Waals surface area contributed by atoms with Gasteiger partial charge in [-0.1, -0.05) is 41.4 Å². The molecule has 2 aliphatic rings. The van der Waals surface area contributed by atoms with E-state index in [0.29, 0.717) is 35.1 Å². The van der Waals surface area contributed by atoms with Crippen LogP contribution in [-0.4, -0.2) is 35.4 Å². The zero-order valence-corrected chi connectivity index (χ0v) is 16.0. The normalized spacial score (nSPS) is 20.9. The van der Waals surface area contributed by atoms with Crippen molar-refractivity contribution in [1.29, 1.82) is 0 Å². The van der Waals surface area contributed by atoms with E-state index in [2.05, 4.69) is 5.32 Å². The third kappa shape index (κ3) is 3.62. The number of likely N-dealkylation sites (tertiary alicyclic amines) is 1. The van der Waals surface area contributed by atoms with Crippen LogP contribution in [0, 0.1) is 0 Å². The largest absolute Gasteiger partial charge is 0.480 e. The van der Waals surface area contributed by atoms with Crippen LogP contribution in [0.2, 0.25) is 10.0 Å². The summed E-state index contributed by atoms with van der Waals surface area (Å²) in [6, 6.07) is 12.0. The van der Waals surface area contributed by atoms with Crippen LogP contribution in [0.25, 0.3) is 0 Å². The van der Waals surface area contributed by atoms with Gasteiger partial charge in [-0.15, -0.1) is 0 Å². The highest BCUT2D eigenvalue weighted by molar-refractivity contribution is 6.35. The van der Waals surface area contributed by atoms with Crippen LogP contribution in [0.5, 0.6) is 5.75 Å². The van der Waals surface area contributed by atoms with E-state index in [1.54, 1.807) is 23.1 Å². The smallest absolute Gasteiger partial charge is 0.264 e. The van der Waals surface area contributed by atoms with Crippen molar-refractivity contribution in [3.63, 3.8) is 0 Å². The molecule has 2 aromatic carbocycles. The van der Waals surface area contributed by atoms with Crippen LogP contribution in [0.3, 0.4) is 0 Å². The zero-order chi connectivity index (χ0) is 19.0. The molecule has 0 spiro atoms. The first-order valence-electron chi connectivity index (χ1n) is 8.84. The molecular formula is C20H18Cl2N2O3. The second-order valence-electron chi connectivity index (χ2n) is 6.72. The number of para-hydroxylation sites is 1. The number of anilines is 1. The number of rotatable bonds is 3. The fourth-order valence-electron chi connectivity index (χ4n) is 3.62. The van der Waals surface area contributed by atoms with Gasteiger partial charge in [-0.25, -0.2) is 0 Å². The minimum absolute atomic E-state index is 0.152. The van der Waals surface area contributed by atoms with Gasteiger partial charge < -0.3 is 15.0 Å². The summed E-state index contributed by atoms with van der Waals surface area (Å²) in [6.07, 6.45) is 1.33. The lowest BCUT2D eigenvalue weighted by atomic mass is 10.1. The maximum Gasteiger partial charge on any atom is 0.264 e. The fourth-order valence-corrected chi connectivity index (χ4v) is 3.95. The molecule has 0 aromatic heterocycles. The molecule has 5 nitrogen and oxygen atoms in total. The topological polar surface area (TPSA) is 58.6 Å². The molecule has 1 N–H and O–H groups in total. The number of carbonyl (C=O) groups excluding carboxylic acids is 2. The van der Waals surface area contributed by atoms with Crippen molar-refractivity contribution < 1.29 is 14.3 Å². The van der Waals surface area contributed by atoms with Crippen LogP contribution in [0.15, 0.2) is 42.5 Å².